The van der Waals surface area contributed by atoms with Gasteiger partial charge in [0.05, 0.1) is 0 Å². The van der Waals surface area contributed by atoms with Crippen LogP contribution >= 0.6 is 27.5 Å². The summed E-state index contributed by atoms with van der Waals surface area (Å²) in [5, 5.41) is 0.349. The van der Waals surface area contributed by atoms with Crippen molar-refractivity contribution in [2.45, 2.75) is 38.0 Å². The number of benzene rings is 1. The minimum atomic E-state index is 0.349. The van der Waals surface area contributed by atoms with Crippen molar-refractivity contribution in [3.8, 4) is 0 Å². The van der Waals surface area contributed by atoms with Crippen LogP contribution in [0.25, 0.3) is 0 Å². The van der Waals surface area contributed by atoms with Crippen LogP contribution < -0.4 is 0 Å². The third-order valence-corrected chi connectivity index (χ3v) is 4.49. The van der Waals surface area contributed by atoms with E-state index in [-0.39, 0.29) is 0 Å². The van der Waals surface area contributed by atoms with Gasteiger partial charge >= 0.3 is 0 Å². The summed E-state index contributed by atoms with van der Waals surface area (Å²) in [5.41, 5.74) is 2.99. The van der Waals surface area contributed by atoms with Crippen molar-refractivity contribution >= 4 is 27.5 Å². The molecular formula is C13H16BrCl. The minimum absolute atomic E-state index is 0.349. The molecule has 1 aromatic carbocycles. The Hall–Kier alpha value is -0.0100. The molecule has 1 aliphatic rings. The van der Waals surface area contributed by atoms with Gasteiger partial charge < -0.3 is 0 Å². The molecule has 0 nitrogen and oxygen atoms in total. The number of rotatable bonds is 2. The number of fused-ring (bicyclic) bond motifs is 1. The molecule has 0 saturated carbocycles. The molecule has 0 aliphatic heterocycles. The molecule has 0 heterocycles. The van der Waals surface area contributed by atoms with E-state index in [0.717, 1.165) is 12.8 Å². The predicted molar refractivity (Wildman–Crippen MR) is 69.6 cm³/mol. The molecule has 0 spiro atoms. The van der Waals surface area contributed by atoms with E-state index in [1.165, 1.54) is 28.4 Å². The molecule has 0 N–H and O–H groups in total. The highest BCUT2D eigenvalue weighted by molar-refractivity contribution is 9.10. The highest BCUT2D eigenvalue weighted by Gasteiger charge is 2.23. The van der Waals surface area contributed by atoms with Crippen LogP contribution in [0.2, 0.25) is 0 Å². The van der Waals surface area contributed by atoms with E-state index in [2.05, 4.69) is 41.1 Å². The molecule has 0 fully saturated rings. The number of alkyl halides is 1. The van der Waals surface area contributed by atoms with Crippen LogP contribution in [0.5, 0.6) is 0 Å². The van der Waals surface area contributed by atoms with Crippen molar-refractivity contribution in [2.75, 3.05) is 0 Å². The van der Waals surface area contributed by atoms with E-state index in [1.807, 2.05) is 0 Å². The van der Waals surface area contributed by atoms with Crippen LogP contribution in [0.3, 0.4) is 0 Å². The van der Waals surface area contributed by atoms with Gasteiger partial charge in [0.1, 0.15) is 0 Å². The van der Waals surface area contributed by atoms with Crippen molar-refractivity contribution in [1.29, 1.82) is 0 Å². The number of hydrogen-bond donors (Lipinski definition) is 0. The standard InChI is InChI=1S/C13H16BrCl/c1-2-13(15)11-4-3-10-8-12(14)6-5-9(10)7-11/h5-6,8,11,13H,2-4,7H2,1H3. The highest BCUT2D eigenvalue weighted by Crippen LogP contribution is 2.32. The second-order valence-corrected chi connectivity index (χ2v) is 5.82. The van der Waals surface area contributed by atoms with Crippen molar-refractivity contribution in [2.24, 2.45) is 5.92 Å². The van der Waals surface area contributed by atoms with Gasteiger partial charge in [0.25, 0.3) is 0 Å². The lowest BCUT2D eigenvalue weighted by molar-refractivity contribution is 0.429. The topological polar surface area (TPSA) is 0 Å². The summed E-state index contributed by atoms with van der Waals surface area (Å²) < 4.78 is 1.19. The van der Waals surface area contributed by atoms with Gasteiger partial charge in [0.15, 0.2) is 0 Å². The molecule has 0 radical (unpaired) electrons. The van der Waals surface area contributed by atoms with Crippen LogP contribution in [0.1, 0.15) is 30.9 Å². The summed E-state index contributed by atoms with van der Waals surface area (Å²) in [4.78, 5) is 0. The Labute approximate surface area is 105 Å². The fourth-order valence-electron chi connectivity index (χ4n) is 2.39. The van der Waals surface area contributed by atoms with Crippen LogP contribution in [0, 0.1) is 5.92 Å². The van der Waals surface area contributed by atoms with Gasteiger partial charge in [0, 0.05) is 9.85 Å². The Balaban J connectivity index is 2.16. The van der Waals surface area contributed by atoms with Gasteiger partial charge in [0.2, 0.25) is 0 Å². The Kier molecular flexibility index (Phi) is 3.73. The molecule has 82 valence electrons. The summed E-state index contributed by atoms with van der Waals surface area (Å²) in [6, 6.07) is 6.63. The third kappa shape index (κ3) is 2.57. The smallest absolute Gasteiger partial charge is 0.0364 e. The SMILES string of the molecule is CCC(Cl)C1CCc2cc(Br)ccc2C1. The van der Waals surface area contributed by atoms with Crippen molar-refractivity contribution < 1.29 is 0 Å². The first kappa shape index (κ1) is 11.5. The van der Waals surface area contributed by atoms with E-state index >= 15 is 0 Å². The summed E-state index contributed by atoms with van der Waals surface area (Å²) in [6.45, 7) is 2.18. The molecule has 0 bridgehead atoms. The Morgan fingerprint density at radius 2 is 2.27 bits per heavy atom. The van der Waals surface area contributed by atoms with Gasteiger partial charge in [-0.1, -0.05) is 28.9 Å². The van der Waals surface area contributed by atoms with Crippen LogP contribution in [-0.2, 0) is 12.8 Å². The molecule has 2 atom stereocenters. The highest BCUT2D eigenvalue weighted by atomic mass is 79.9. The average molecular weight is 288 g/mol. The summed E-state index contributed by atoms with van der Waals surface area (Å²) in [7, 11) is 0. The van der Waals surface area contributed by atoms with Gasteiger partial charge in [-0.2, -0.15) is 0 Å². The zero-order valence-corrected chi connectivity index (χ0v) is 11.3. The molecule has 1 aromatic rings. The van der Waals surface area contributed by atoms with Crippen LogP contribution in [-0.4, -0.2) is 5.38 Å². The minimum Gasteiger partial charge on any atom is -0.123 e. The largest absolute Gasteiger partial charge is 0.123 e. The second kappa shape index (κ2) is 4.88. The van der Waals surface area contributed by atoms with Crippen LogP contribution in [0.4, 0.5) is 0 Å². The summed E-state index contributed by atoms with van der Waals surface area (Å²) in [5.74, 6) is 0.672. The van der Waals surface area contributed by atoms with Crippen molar-refractivity contribution in [3.05, 3.63) is 33.8 Å². The fourth-order valence-corrected chi connectivity index (χ4v) is 3.02. The van der Waals surface area contributed by atoms with Crippen LogP contribution in [0.15, 0.2) is 22.7 Å². The Morgan fingerprint density at radius 3 is 3.00 bits per heavy atom. The summed E-state index contributed by atoms with van der Waals surface area (Å²) >= 11 is 9.85. The van der Waals surface area contributed by atoms with Crippen molar-refractivity contribution in [1.82, 2.24) is 0 Å². The molecule has 2 rings (SSSR count). The average Bonchev–Trinajstić information content (AvgIpc) is 2.27. The fraction of sp³-hybridized carbons (Fsp3) is 0.538. The maximum Gasteiger partial charge on any atom is 0.0364 e. The lowest BCUT2D eigenvalue weighted by Crippen LogP contribution is -2.22. The number of halogens is 2. The van der Waals surface area contributed by atoms with Gasteiger partial charge in [-0.25, -0.2) is 0 Å². The lowest BCUT2D eigenvalue weighted by atomic mass is 9.81. The molecule has 0 amide bonds. The molecule has 0 saturated heterocycles. The maximum atomic E-state index is 6.33. The maximum absolute atomic E-state index is 6.33. The third-order valence-electron chi connectivity index (χ3n) is 3.34. The molecule has 1 aliphatic carbocycles. The second-order valence-electron chi connectivity index (χ2n) is 4.34. The Bertz CT molecular complexity index is 348. The van der Waals surface area contributed by atoms with Gasteiger partial charge in [-0.3, -0.25) is 0 Å². The molecule has 2 unspecified atom stereocenters. The van der Waals surface area contributed by atoms with Gasteiger partial charge in [-0.05, 0) is 54.9 Å². The first-order chi connectivity index (χ1) is 7.20. The first-order valence-electron chi connectivity index (χ1n) is 5.62. The Morgan fingerprint density at radius 1 is 1.47 bits per heavy atom. The zero-order valence-electron chi connectivity index (χ0n) is 8.97. The monoisotopic (exact) mass is 286 g/mol. The van der Waals surface area contributed by atoms with Gasteiger partial charge in [-0.15, -0.1) is 11.6 Å². The van der Waals surface area contributed by atoms with E-state index in [0.29, 0.717) is 11.3 Å². The number of hydrogen-bond acceptors (Lipinski definition) is 0. The summed E-state index contributed by atoms with van der Waals surface area (Å²) in [6.07, 6.45) is 4.66. The zero-order chi connectivity index (χ0) is 10.8. The van der Waals surface area contributed by atoms with E-state index in [9.17, 15) is 0 Å². The van der Waals surface area contributed by atoms with E-state index in [4.69, 9.17) is 11.6 Å². The molecule has 0 aromatic heterocycles. The lowest BCUT2D eigenvalue weighted by Gasteiger charge is -2.27. The molecule has 15 heavy (non-hydrogen) atoms. The predicted octanol–water partition coefficient (Wildman–Crippen LogP) is 4.57. The quantitative estimate of drug-likeness (QED) is 0.699. The van der Waals surface area contributed by atoms with Crippen molar-refractivity contribution in [3.63, 3.8) is 0 Å². The van der Waals surface area contributed by atoms with E-state index in [1.54, 1.807) is 0 Å². The number of aryl methyl sites for hydroxylation is 1. The van der Waals surface area contributed by atoms with E-state index < -0.39 is 0 Å². The normalized spacial score (nSPS) is 22.2. The molecule has 2 heteroatoms. The first-order valence-corrected chi connectivity index (χ1v) is 6.85. The molecular weight excluding hydrogens is 272 g/mol.